The molecule has 0 saturated heterocycles. The third-order valence-corrected chi connectivity index (χ3v) is 16.1. The van der Waals surface area contributed by atoms with Gasteiger partial charge in [-0.3, -0.25) is 0 Å². The Kier molecular flexibility index (Phi) is 8.81. The fourth-order valence-electron chi connectivity index (χ4n) is 2.59. The van der Waals surface area contributed by atoms with Gasteiger partial charge in [-0.2, -0.15) is 0 Å². The zero-order valence-electron chi connectivity index (χ0n) is 21.3. The van der Waals surface area contributed by atoms with E-state index in [-0.39, 0.29) is 10.1 Å². The Bertz CT molecular complexity index is 626. The highest BCUT2D eigenvalue weighted by Crippen LogP contribution is 2.39. The smallest absolute Gasteiger partial charge is 0.192 e. The fourth-order valence-corrected chi connectivity index (χ4v) is 4.70. The molecule has 1 aromatic carbocycles. The van der Waals surface area contributed by atoms with Gasteiger partial charge in [-0.05, 0) is 60.4 Å². The van der Waals surface area contributed by atoms with Crippen LogP contribution < -0.4 is 4.90 Å². The Morgan fingerprint density at radius 3 is 1.66 bits per heavy atom. The molecule has 0 radical (unpaired) electrons. The first-order chi connectivity index (χ1) is 13.0. The van der Waals surface area contributed by atoms with Crippen molar-refractivity contribution in [3.8, 4) is 0 Å². The molecule has 1 atom stereocenters. The van der Waals surface area contributed by atoms with Crippen LogP contribution in [0.3, 0.4) is 0 Å². The first-order valence-electron chi connectivity index (χ1n) is 11.0. The summed E-state index contributed by atoms with van der Waals surface area (Å²) in [5, 5.41) is 0.470. The fraction of sp³-hybridized carbons (Fsp3) is 0.750. The van der Waals surface area contributed by atoms with Crippen molar-refractivity contribution in [3.63, 3.8) is 0 Å². The van der Waals surface area contributed by atoms with E-state index in [0.29, 0.717) is 5.92 Å². The topological polar surface area (TPSA) is 21.7 Å². The van der Waals surface area contributed by atoms with Gasteiger partial charge in [0, 0.05) is 38.9 Å². The molecule has 0 saturated carbocycles. The summed E-state index contributed by atoms with van der Waals surface area (Å²) in [6.45, 7) is 24.8. The zero-order valence-corrected chi connectivity index (χ0v) is 23.3. The maximum atomic E-state index is 6.62. The van der Waals surface area contributed by atoms with Gasteiger partial charge in [-0.25, -0.2) is 0 Å². The van der Waals surface area contributed by atoms with Crippen LogP contribution in [-0.2, 0) is 8.85 Å². The predicted octanol–water partition coefficient (Wildman–Crippen LogP) is 7.27. The van der Waals surface area contributed by atoms with Gasteiger partial charge in [0.15, 0.2) is 16.6 Å². The lowest BCUT2D eigenvalue weighted by molar-refractivity contribution is 0.221. The zero-order chi connectivity index (χ0) is 22.7. The SMILES string of the molecule is CN(C)c1ccc([C@@H](CCO[Si](C)(C)C(C)(C)C)CO[Si](C)(C)C(C)(C)C)cc1. The summed E-state index contributed by atoms with van der Waals surface area (Å²) in [6.07, 6.45) is 1.00. The summed E-state index contributed by atoms with van der Waals surface area (Å²) < 4.78 is 13.1. The molecule has 0 spiro atoms. The van der Waals surface area contributed by atoms with E-state index in [0.717, 1.165) is 19.6 Å². The van der Waals surface area contributed by atoms with E-state index >= 15 is 0 Å². The summed E-state index contributed by atoms with van der Waals surface area (Å²) in [5.74, 6) is 0.366. The van der Waals surface area contributed by atoms with Crippen LogP contribution in [0, 0.1) is 0 Å². The molecule has 0 N–H and O–H groups in total. The van der Waals surface area contributed by atoms with Crippen LogP contribution in [0.5, 0.6) is 0 Å². The standard InChI is InChI=1S/C24H47NO2Si2/c1-23(2,3)28(9,10)26-18-17-21(19-27-29(11,12)24(4,5)6)20-13-15-22(16-14-20)25(7)8/h13-16,21H,17-19H2,1-12H3/t21-/m0/s1. The predicted molar refractivity (Wildman–Crippen MR) is 134 cm³/mol. The average molecular weight is 438 g/mol. The van der Waals surface area contributed by atoms with Crippen molar-refractivity contribution in [1.82, 2.24) is 0 Å². The van der Waals surface area contributed by atoms with Gasteiger partial charge in [0.1, 0.15) is 0 Å². The molecule has 1 rings (SSSR count). The van der Waals surface area contributed by atoms with Crippen molar-refractivity contribution >= 4 is 22.3 Å². The van der Waals surface area contributed by atoms with E-state index in [9.17, 15) is 0 Å². The second-order valence-corrected chi connectivity index (χ2v) is 21.3. The molecule has 0 aliphatic rings. The number of nitrogens with zero attached hydrogens (tertiary/aromatic N) is 1. The summed E-state index contributed by atoms with van der Waals surface area (Å²) in [5.41, 5.74) is 2.59. The van der Waals surface area contributed by atoms with Gasteiger partial charge in [-0.1, -0.05) is 53.7 Å². The molecule has 3 nitrogen and oxygen atoms in total. The van der Waals surface area contributed by atoms with E-state index < -0.39 is 16.6 Å². The molecule has 0 aliphatic carbocycles. The molecule has 0 heterocycles. The number of rotatable bonds is 9. The van der Waals surface area contributed by atoms with Crippen LogP contribution >= 0.6 is 0 Å². The number of benzene rings is 1. The first kappa shape index (κ1) is 26.4. The Morgan fingerprint density at radius 1 is 0.793 bits per heavy atom. The van der Waals surface area contributed by atoms with Gasteiger partial charge in [-0.15, -0.1) is 0 Å². The molecule has 29 heavy (non-hydrogen) atoms. The largest absolute Gasteiger partial charge is 0.417 e. The third kappa shape index (κ3) is 7.53. The minimum Gasteiger partial charge on any atom is -0.417 e. The number of hydrogen-bond donors (Lipinski definition) is 0. The molecule has 0 bridgehead atoms. The van der Waals surface area contributed by atoms with Crippen LogP contribution in [0.15, 0.2) is 24.3 Å². The summed E-state index contributed by atoms with van der Waals surface area (Å²) in [4.78, 5) is 2.14. The first-order valence-corrected chi connectivity index (χ1v) is 16.8. The second kappa shape index (κ2) is 9.67. The Hall–Kier alpha value is -0.626. The monoisotopic (exact) mass is 437 g/mol. The minimum atomic E-state index is -1.78. The molecular weight excluding hydrogens is 390 g/mol. The van der Waals surface area contributed by atoms with E-state index in [1.54, 1.807) is 0 Å². The van der Waals surface area contributed by atoms with Crippen molar-refractivity contribution in [2.75, 3.05) is 32.2 Å². The number of anilines is 1. The van der Waals surface area contributed by atoms with Crippen LogP contribution in [0.4, 0.5) is 5.69 Å². The van der Waals surface area contributed by atoms with Gasteiger partial charge >= 0.3 is 0 Å². The van der Waals surface area contributed by atoms with Crippen molar-refractivity contribution in [3.05, 3.63) is 29.8 Å². The maximum absolute atomic E-state index is 6.62. The quantitative estimate of drug-likeness (QED) is 0.379. The molecule has 0 aliphatic heterocycles. The van der Waals surface area contributed by atoms with Crippen LogP contribution in [0.1, 0.15) is 59.4 Å². The molecular formula is C24H47NO2Si2. The van der Waals surface area contributed by atoms with Gasteiger partial charge in [0.05, 0.1) is 0 Å². The van der Waals surface area contributed by atoms with Crippen molar-refractivity contribution < 1.29 is 8.85 Å². The number of hydrogen-bond acceptors (Lipinski definition) is 3. The molecule has 0 fully saturated rings. The summed E-state index contributed by atoms with van der Waals surface area (Å²) >= 11 is 0. The highest BCUT2D eigenvalue weighted by molar-refractivity contribution is 6.74. The lowest BCUT2D eigenvalue weighted by Gasteiger charge is -2.38. The molecule has 168 valence electrons. The minimum absolute atomic E-state index is 0.226. The molecule has 0 amide bonds. The van der Waals surface area contributed by atoms with Crippen molar-refractivity contribution in [2.45, 2.75) is 90.1 Å². The highest BCUT2D eigenvalue weighted by atomic mass is 28.4. The molecule has 0 unspecified atom stereocenters. The summed E-state index contributed by atoms with van der Waals surface area (Å²) in [7, 11) is 0.667. The van der Waals surface area contributed by atoms with Gasteiger partial charge in [0.25, 0.3) is 0 Å². The lowest BCUT2D eigenvalue weighted by Crippen LogP contribution is -2.42. The summed E-state index contributed by atoms with van der Waals surface area (Å²) in [6, 6.07) is 8.95. The Labute approximate surface area is 183 Å². The van der Waals surface area contributed by atoms with Crippen LogP contribution in [0.25, 0.3) is 0 Å². The van der Waals surface area contributed by atoms with E-state index in [1.807, 2.05) is 0 Å². The molecule has 0 aromatic heterocycles. The van der Waals surface area contributed by atoms with Gasteiger partial charge < -0.3 is 13.8 Å². The second-order valence-electron chi connectivity index (χ2n) is 11.7. The normalized spacial score (nSPS) is 14.8. The van der Waals surface area contributed by atoms with E-state index in [2.05, 4.69) is 111 Å². The lowest BCUT2D eigenvalue weighted by atomic mass is 9.97. The van der Waals surface area contributed by atoms with E-state index in [4.69, 9.17) is 8.85 Å². The molecule has 5 heteroatoms. The van der Waals surface area contributed by atoms with Crippen LogP contribution in [0.2, 0.25) is 36.3 Å². The molecule has 1 aromatic rings. The third-order valence-electron chi connectivity index (χ3n) is 7.07. The van der Waals surface area contributed by atoms with Gasteiger partial charge in [0.2, 0.25) is 0 Å². The highest BCUT2D eigenvalue weighted by Gasteiger charge is 2.39. The average Bonchev–Trinajstić information content (AvgIpc) is 2.55. The Morgan fingerprint density at radius 2 is 1.24 bits per heavy atom. The Balaban J connectivity index is 2.94. The van der Waals surface area contributed by atoms with Crippen molar-refractivity contribution in [1.29, 1.82) is 0 Å². The maximum Gasteiger partial charge on any atom is 0.192 e. The van der Waals surface area contributed by atoms with Crippen molar-refractivity contribution in [2.24, 2.45) is 0 Å². The van der Waals surface area contributed by atoms with Crippen LogP contribution in [-0.4, -0.2) is 43.9 Å². The van der Waals surface area contributed by atoms with E-state index in [1.165, 1.54) is 11.3 Å².